The Kier molecular flexibility index (Phi) is 3.62. The molecule has 3 heteroatoms. The fourth-order valence-corrected chi connectivity index (χ4v) is 1.50. The second-order valence-corrected chi connectivity index (χ2v) is 3.71. The summed E-state index contributed by atoms with van der Waals surface area (Å²) in [4.78, 5) is 4.09. The second kappa shape index (κ2) is 5.55. The summed E-state index contributed by atoms with van der Waals surface area (Å²) in [5.41, 5.74) is 2.17. The molecule has 0 atom stereocenters. The maximum absolute atomic E-state index is 8.78. The van der Waals surface area contributed by atoms with Gasteiger partial charge in [-0.3, -0.25) is 5.41 Å². The van der Waals surface area contributed by atoms with E-state index in [9.17, 15) is 0 Å². The van der Waals surface area contributed by atoms with Crippen molar-refractivity contribution in [1.29, 1.82) is 10.7 Å². The van der Waals surface area contributed by atoms with Gasteiger partial charge in [0.15, 0.2) is 5.84 Å². The molecule has 0 saturated carbocycles. The monoisotopic (exact) mass is 233 g/mol. The molecule has 0 radical (unpaired) electrons. The first-order valence-electron chi connectivity index (χ1n) is 5.48. The molecule has 1 N–H and O–H groups in total. The van der Waals surface area contributed by atoms with E-state index in [0.717, 1.165) is 11.1 Å². The Morgan fingerprint density at radius 3 is 2.61 bits per heavy atom. The molecule has 0 fully saturated rings. The van der Waals surface area contributed by atoms with Crippen molar-refractivity contribution in [2.75, 3.05) is 0 Å². The predicted octanol–water partition coefficient (Wildman–Crippen LogP) is 3.00. The van der Waals surface area contributed by atoms with Crippen LogP contribution in [0.25, 0.3) is 0 Å². The Morgan fingerprint density at radius 2 is 1.89 bits per heavy atom. The van der Waals surface area contributed by atoms with Gasteiger partial charge < -0.3 is 0 Å². The molecule has 2 rings (SSSR count). The molecule has 0 heterocycles. The van der Waals surface area contributed by atoms with Gasteiger partial charge >= 0.3 is 0 Å². The minimum absolute atomic E-state index is 0.206. The lowest BCUT2D eigenvalue weighted by atomic mass is 10.1. The van der Waals surface area contributed by atoms with Crippen LogP contribution in [0.5, 0.6) is 0 Å². The molecule has 0 aliphatic carbocycles. The number of nitriles is 1. The lowest BCUT2D eigenvalue weighted by Crippen LogP contribution is -1.95. The lowest BCUT2D eigenvalue weighted by Gasteiger charge is -1.97. The largest absolute Gasteiger partial charge is 0.282 e. The molecule has 2 aromatic rings. The highest BCUT2D eigenvalue weighted by Gasteiger charge is 1.97. The molecule has 0 unspecified atom stereocenters. The third-order valence-electron chi connectivity index (χ3n) is 2.41. The van der Waals surface area contributed by atoms with Gasteiger partial charge in [0.1, 0.15) is 0 Å². The molecule has 0 saturated heterocycles. The van der Waals surface area contributed by atoms with Crippen LogP contribution >= 0.6 is 0 Å². The van der Waals surface area contributed by atoms with Crippen LogP contribution in [0, 0.1) is 16.7 Å². The number of hydrogen-bond acceptors (Lipinski definition) is 2. The Balaban J connectivity index is 2.16. The molecule has 2 aromatic carbocycles. The first kappa shape index (κ1) is 11.7. The third-order valence-corrected chi connectivity index (χ3v) is 2.41. The van der Waals surface area contributed by atoms with E-state index in [1.165, 1.54) is 0 Å². The van der Waals surface area contributed by atoms with Gasteiger partial charge in [0.05, 0.1) is 11.6 Å². The normalized spacial score (nSPS) is 10.2. The zero-order valence-electron chi connectivity index (χ0n) is 9.67. The summed E-state index contributed by atoms with van der Waals surface area (Å²) in [6, 6.07) is 18.5. The van der Waals surface area contributed by atoms with Crippen LogP contribution in [0.4, 0.5) is 0 Å². The first-order chi connectivity index (χ1) is 8.79. The average Bonchev–Trinajstić information content (AvgIpc) is 2.46. The zero-order chi connectivity index (χ0) is 12.8. The van der Waals surface area contributed by atoms with Gasteiger partial charge in [0.2, 0.25) is 0 Å². The summed E-state index contributed by atoms with van der Waals surface area (Å²) in [6.07, 6.45) is 1.59. The number of rotatable bonds is 2. The Hall–Kier alpha value is -2.73. The van der Waals surface area contributed by atoms with Crippen LogP contribution in [-0.2, 0) is 0 Å². The molecule has 0 aromatic heterocycles. The maximum Gasteiger partial charge on any atom is 0.151 e. The fourth-order valence-electron chi connectivity index (χ4n) is 1.50. The highest BCUT2D eigenvalue weighted by atomic mass is 14.8. The van der Waals surface area contributed by atoms with Crippen LogP contribution in [0.1, 0.15) is 16.7 Å². The van der Waals surface area contributed by atoms with E-state index < -0.39 is 0 Å². The van der Waals surface area contributed by atoms with E-state index >= 15 is 0 Å². The van der Waals surface area contributed by atoms with Crippen LogP contribution in [0.2, 0.25) is 0 Å². The van der Waals surface area contributed by atoms with Crippen LogP contribution < -0.4 is 0 Å². The van der Waals surface area contributed by atoms with E-state index in [4.69, 9.17) is 10.7 Å². The molecule has 86 valence electrons. The van der Waals surface area contributed by atoms with Gasteiger partial charge in [-0.15, -0.1) is 0 Å². The molecule has 0 amide bonds. The SMILES string of the molecule is N#Cc1cccc(/C=N/C(=N)c2ccccc2)c1. The van der Waals surface area contributed by atoms with Crippen molar-refractivity contribution in [3.63, 3.8) is 0 Å². The number of nitrogens with one attached hydrogen (secondary N) is 1. The zero-order valence-corrected chi connectivity index (χ0v) is 9.67. The van der Waals surface area contributed by atoms with Crippen LogP contribution in [0.15, 0.2) is 59.6 Å². The Bertz CT molecular complexity index is 622. The maximum atomic E-state index is 8.78. The fraction of sp³-hybridized carbons (Fsp3) is 0. The smallest absolute Gasteiger partial charge is 0.151 e. The predicted molar refractivity (Wildman–Crippen MR) is 72.0 cm³/mol. The number of nitrogens with zero attached hydrogens (tertiary/aromatic N) is 2. The van der Waals surface area contributed by atoms with E-state index in [1.54, 1.807) is 24.4 Å². The number of benzene rings is 2. The number of hydrogen-bond donors (Lipinski definition) is 1. The molecule has 0 bridgehead atoms. The van der Waals surface area contributed by atoms with Crippen LogP contribution in [-0.4, -0.2) is 12.1 Å². The highest BCUT2D eigenvalue weighted by Crippen LogP contribution is 2.04. The lowest BCUT2D eigenvalue weighted by molar-refractivity contribution is 1.42. The van der Waals surface area contributed by atoms with Crippen molar-refractivity contribution < 1.29 is 0 Å². The molecule has 18 heavy (non-hydrogen) atoms. The van der Waals surface area contributed by atoms with Gasteiger partial charge in [-0.25, -0.2) is 4.99 Å². The topological polar surface area (TPSA) is 60.0 Å². The second-order valence-electron chi connectivity index (χ2n) is 3.71. The number of amidine groups is 1. The van der Waals surface area contributed by atoms with Crippen molar-refractivity contribution in [2.45, 2.75) is 0 Å². The van der Waals surface area contributed by atoms with E-state index in [2.05, 4.69) is 11.1 Å². The quantitative estimate of drug-likeness (QED) is 0.629. The van der Waals surface area contributed by atoms with Gasteiger partial charge in [0, 0.05) is 11.8 Å². The van der Waals surface area contributed by atoms with Crippen molar-refractivity contribution >= 4 is 12.1 Å². The minimum Gasteiger partial charge on any atom is -0.282 e. The molecular weight excluding hydrogens is 222 g/mol. The van der Waals surface area contributed by atoms with Gasteiger partial charge in [-0.05, 0) is 17.7 Å². The summed E-state index contributed by atoms with van der Waals surface area (Å²) < 4.78 is 0. The summed E-state index contributed by atoms with van der Waals surface area (Å²) in [7, 11) is 0. The summed E-state index contributed by atoms with van der Waals surface area (Å²) in [6.45, 7) is 0. The van der Waals surface area contributed by atoms with Gasteiger partial charge in [0.25, 0.3) is 0 Å². The van der Waals surface area contributed by atoms with Gasteiger partial charge in [-0.2, -0.15) is 5.26 Å². The standard InChI is InChI=1S/C15H11N3/c16-10-12-5-4-6-13(9-12)11-18-15(17)14-7-2-1-3-8-14/h1-9,11,17H/b17-15?,18-11+. The molecule has 0 aliphatic rings. The molecular formula is C15H11N3. The molecule has 0 aliphatic heterocycles. The summed E-state index contributed by atoms with van der Waals surface area (Å²) >= 11 is 0. The van der Waals surface area contributed by atoms with Crippen molar-refractivity contribution in [3.05, 3.63) is 71.3 Å². The number of aliphatic imine (C=N–C) groups is 1. The average molecular weight is 233 g/mol. The van der Waals surface area contributed by atoms with Crippen molar-refractivity contribution in [1.82, 2.24) is 0 Å². The van der Waals surface area contributed by atoms with Crippen molar-refractivity contribution in [2.24, 2.45) is 4.99 Å². The molecule has 0 spiro atoms. The summed E-state index contributed by atoms with van der Waals surface area (Å²) in [5, 5.41) is 16.6. The van der Waals surface area contributed by atoms with E-state index in [0.29, 0.717) is 5.56 Å². The van der Waals surface area contributed by atoms with Crippen LogP contribution in [0.3, 0.4) is 0 Å². The minimum atomic E-state index is 0.206. The van der Waals surface area contributed by atoms with E-state index in [-0.39, 0.29) is 5.84 Å². The Labute approximate surface area is 106 Å². The first-order valence-corrected chi connectivity index (χ1v) is 5.48. The third kappa shape index (κ3) is 2.89. The van der Waals surface area contributed by atoms with E-state index in [1.807, 2.05) is 36.4 Å². The highest BCUT2D eigenvalue weighted by molar-refractivity contribution is 6.03. The summed E-state index contributed by atoms with van der Waals surface area (Å²) in [5.74, 6) is 0.206. The Morgan fingerprint density at radius 1 is 1.11 bits per heavy atom. The van der Waals surface area contributed by atoms with Gasteiger partial charge in [-0.1, -0.05) is 42.5 Å². The van der Waals surface area contributed by atoms with Crippen molar-refractivity contribution in [3.8, 4) is 6.07 Å². The molecule has 3 nitrogen and oxygen atoms in total.